The molecule has 3 heterocycles. The van der Waals surface area contributed by atoms with Gasteiger partial charge in [-0.1, -0.05) is 109 Å². The lowest BCUT2D eigenvalue weighted by atomic mass is 9.96. The van der Waals surface area contributed by atoms with Crippen LogP contribution in [0.15, 0.2) is 154 Å². The molecule has 44 heavy (non-hydrogen) atoms. The standard InChI is InChI=1S/C40H24N2O2/c1-2-11-25(12-3-1)27-13-4-5-14-28(27)34-24-35(33-18-10-17-32-30-16-7-9-20-37(30)44-39(32)33)42-40(41-34)26-21-22-31-29-15-6-8-19-36(29)43-38(31)23-26/h1-24H. The Hall–Kier alpha value is -6.00. The summed E-state index contributed by atoms with van der Waals surface area (Å²) in [4.78, 5) is 10.4. The second-order valence-corrected chi connectivity index (χ2v) is 11.0. The van der Waals surface area contributed by atoms with Crippen LogP contribution >= 0.6 is 0 Å². The smallest absolute Gasteiger partial charge is 0.160 e. The maximum atomic E-state index is 6.44. The number of fused-ring (bicyclic) bond motifs is 6. The first-order chi connectivity index (χ1) is 21.8. The topological polar surface area (TPSA) is 52.1 Å². The molecule has 4 nitrogen and oxygen atoms in total. The van der Waals surface area contributed by atoms with E-state index in [1.54, 1.807) is 0 Å². The Balaban J connectivity index is 1.31. The lowest BCUT2D eigenvalue weighted by Crippen LogP contribution is -1.97. The molecular formula is C40H24N2O2. The number of furan rings is 2. The molecule has 3 aromatic heterocycles. The van der Waals surface area contributed by atoms with Crippen molar-refractivity contribution in [3.8, 4) is 45.0 Å². The highest BCUT2D eigenvalue weighted by atomic mass is 16.3. The first-order valence-corrected chi connectivity index (χ1v) is 14.7. The van der Waals surface area contributed by atoms with Gasteiger partial charge in [0.1, 0.15) is 22.3 Å². The number of nitrogens with zero attached hydrogens (tertiary/aromatic N) is 2. The maximum absolute atomic E-state index is 6.44. The van der Waals surface area contributed by atoms with Gasteiger partial charge < -0.3 is 8.83 Å². The van der Waals surface area contributed by atoms with Crippen molar-refractivity contribution in [1.82, 2.24) is 9.97 Å². The summed E-state index contributed by atoms with van der Waals surface area (Å²) in [5, 5.41) is 4.32. The summed E-state index contributed by atoms with van der Waals surface area (Å²) in [6, 6.07) is 49.6. The van der Waals surface area contributed by atoms with Crippen molar-refractivity contribution in [2.45, 2.75) is 0 Å². The van der Waals surface area contributed by atoms with Gasteiger partial charge in [-0.15, -0.1) is 0 Å². The molecule has 0 unspecified atom stereocenters. The van der Waals surface area contributed by atoms with Crippen molar-refractivity contribution in [1.29, 1.82) is 0 Å². The van der Waals surface area contributed by atoms with Crippen molar-refractivity contribution >= 4 is 43.9 Å². The molecule has 0 aliphatic carbocycles. The third-order valence-corrected chi connectivity index (χ3v) is 8.33. The van der Waals surface area contributed by atoms with E-state index in [1.807, 2.05) is 48.5 Å². The van der Waals surface area contributed by atoms with Crippen LogP contribution in [0, 0.1) is 0 Å². The summed E-state index contributed by atoms with van der Waals surface area (Å²) >= 11 is 0. The van der Waals surface area contributed by atoms with Crippen LogP contribution in [-0.2, 0) is 0 Å². The first-order valence-electron chi connectivity index (χ1n) is 14.7. The van der Waals surface area contributed by atoms with Crippen LogP contribution in [0.5, 0.6) is 0 Å². The molecule has 0 bridgehead atoms. The Kier molecular flexibility index (Phi) is 5.47. The van der Waals surface area contributed by atoms with Gasteiger partial charge in [0.15, 0.2) is 5.82 Å². The monoisotopic (exact) mass is 564 g/mol. The average molecular weight is 565 g/mol. The normalized spacial score (nSPS) is 11.6. The molecule has 4 heteroatoms. The Bertz CT molecular complexity index is 2510. The number of aromatic nitrogens is 2. The molecule has 0 saturated heterocycles. The van der Waals surface area contributed by atoms with Gasteiger partial charge in [0.25, 0.3) is 0 Å². The fourth-order valence-corrected chi connectivity index (χ4v) is 6.24. The highest BCUT2D eigenvalue weighted by Gasteiger charge is 2.18. The quantitative estimate of drug-likeness (QED) is 0.213. The Labute approximate surface area is 252 Å². The van der Waals surface area contributed by atoms with E-state index in [2.05, 4.69) is 97.1 Å². The predicted molar refractivity (Wildman–Crippen MR) is 178 cm³/mol. The average Bonchev–Trinajstić information content (AvgIpc) is 3.66. The second-order valence-electron chi connectivity index (χ2n) is 11.0. The number of para-hydroxylation sites is 3. The maximum Gasteiger partial charge on any atom is 0.160 e. The van der Waals surface area contributed by atoms with Crippen molar-refractivity contribution in [3.05, 3.63) is 146 Å². The fourth-order valence-electron chi connectivity index (χ4n) is 6.24. The van der Waals surface area contributed by atoms with Gasteiger partial charge in [-0.25, -0.2) is 9.97 Å². The van der Waals surface area contributed by atoms with Crippen molar-refractivity contribution in [3.63, 3.8) is 0 Å². The first kappa shape index (κ1) is 24.6. The number of benzene rings is 6. The van der Waals surface area contributed by atoms with E-state index in [1.165, 1.54) is 0 Å². The highest BCUT2D eigenvalue weighted by Crippen LogP contribution is 2.39. The third kappa shape index (κ3) is 3.92. The zero-order chi connectivity index (χ0) is 29.0. The van der Waals surface area contributed by atoms with Crippen LogP contribution in [-0.4, -0.2) is 9.97 Å². The zero-order valence-corrected chi connectivity index (χ0v) is 23.6. The Morgan fingerprint density at radius 3 is 1.77 bits per heavy atom. The lowest BCUT2D eigenvalue weighted by molar-refractivity contribution is 0.668. The summed E-state index contributed by atoms with van der Waals surface area (Å²) in [5.74, 6) is 0.621. The summed E-state index contributed by atoms with van der Waals surface area (Å²) in [6.07, 6.45) is 0. The predicted octanol–water partition coefficient (Wildman–Crippen LogP) is 10.9. The van der Waals surface area contributed by atoms with Crippen LogP contribution in [0.1, 0.15) is 0 Å². The molecule has 0 amide bonds. The van der Waals surface area contributed by atoms with Gasteiger partial charge in [-0.3, -0.25) is 0 Å². The molecule has 6 aromatic carbocycles. The largest absolute Gasteiger partial charge is 0.456 e. The molecule has 206 valence electrons. The van der Waals surface area contributed by atoms with E-state index in [-0.39, 0.29) is 0 Å². The lowest BCUT2D eigenvalue weighted by Gasteiger charge is -2.13. The van der Waals surface area contributed by atoms with Gasteiger partial charge in [0, 0.05) is 38.2 Å². The van der Waals surface area contributed by atoms with Gasteiger partial charge >= 0.3 is 0 Å². The van der Waals surface area contributed by atoms with Gasteiger partial charge in [0.05, 0.1) is 11.4 Å². The molecule has 0 spiro atoms. The van der Waals surface area contributed by atoms with Crippen LogP contribution in [0.3, 0.4) is 0 Å². The molecular weight excluding hydrogens is 540 g/mol. The number of hydrogen-bond acceptors (Lipinski definition) is 4. The Morgan fingerprint density at radius 1 is 0.364 bits per heavy atom. The van der Waals surface area contributed by atoms with Gasteiger partial charge in [0.2, 0.25) is 0 Å². The summed E-state index contributed by atoms with van der Waals surface area (Å²) < 4.78 is 12.7. The molecule has 9 rings (SSSR count). The van der Waals surface area contributed by atoms with Gasteiger partial charge in [-0.2, -0.15) is 0 Å². The molecule has 0 saturated carbocycles. The summed E-state index contributed by atoms with van der Waals surface area (Å²) in [6.45, 7) is 0. The van der Waals surface area contributed by atoms with E-state index < -0.39 is 0 Å². The summed E-state index contributed by atoms with van der Waals surface area (Å²) in [7, 11) is 0. The molecule has 0 radical (unpaired) electrons. The van der Waals surface area contributed by atoms with E-state index in [4.69, 9.17) is 18.8 Å². The third-order valence-electron chi connectivity index (χ3n) is 8.33. The van der Waals surface area contributed by atoms with Crippen LogP contribution in [0.2, 0.25) is 0 Å². The van der Waals surface area contributed by atoms with Crippen molar-refractivity contribution in [2.24, 2.45) is 0 Å². The van der Waals surface area contributed by atoms with Crippen molar-refractivity contribution in [2.75, 3.05) is 0 Å². The highest BCUT2D eigenvalue weighted by molar-refractivity contribution is 6.09. The van der Waals surface area contributed by atoms with Crippen LogP contribution in [0.4, 0.5) is 0 Å². The van der Waals surface area contributed by atoms with Crippen molar-refractivity contribution < 1.29 is 8.83 Å². The number of rotatable bonds is 4. The molecule has 0 aliphatic rings. The van der Waals surface area contributed by atoms with Crippen LogP contribution in [0.25, 0.3) is 88.9 Å². The molecule has 0 N–H and O–H groups in total. The van der Waals surface area contributed by atoms with Crippen LogP contribution < -0.4 is 0 Å². The molecule has 0 atom stereocenters. The molecule has 9 aromatic rings. The van der Waals surface area contributed by atoms with E-state index in [0.29, 0.717) is 5.82 Å². The zero-order valence-electron chi connectivity index (χ0n) is 23.6. The van der Waals surface area contributed by atoms with E-state index in [9.17, 15) is 0 Å². The minimum atomic E-state index is 0.621. The minimum absolute atomic E-state index is 0.621. The summed E-state index contributed by atoms with van der Waals surface area (Å²) in [5.41, 5.74) is 10.1. The van der Waals surface area contributed by atoms with Gasteiger partial charge in [-0.05, 0) is 47.5 Å². The Morgan fingerprint density at radius 2 is 0.955 bits per heavy atom. The fraction of sp³-hybridized carbons (Fsp3) is 0. The second kappa shape index (κ2) is 9.79. The molecule has 0 fully saturated rings. The van der Waals surface area contributed by atoms with E-state index in [0.717, 1.165) is 83.1 Å². The SMILES string of the molecule is c1ccc(-c2ccccc2-c2cc(-c3cccc4c3oc3ccccc34)nc(-c3ccc4c(c3)oc3ccccc34)n2)cc1. The molecule has 0 aliphatic heterocycles. The van der Waals surface area contributed by atoms with E-state index >= 15 is 0 Å². The number of hydrogen-bond donors (Lipinski definition) is 0. The minimum Gasteiger partial charge on any atom is -0.456 e.